The lowest BCUT2D eigenvalue weighted by Crippen LogP contribution is -2.45. The quantitative estimate of drug-likeness (QED) is 0.767. The van der Waals surface area contributed by atoms with Crippen molar-refractivity contribution in [3.05, 3.63) is 22.4 Å². The van der Waals surface area contributed by atoms with Gasteiger partial charge in [0.25, 0.3) is 0 Å². The highest BCUT2D eigenvalue weighted by Gasteiger charge is 2.20. The van der Waals surface area contributed by atoms with Gasteiger partial charge in [0, 0.05) is 19.6 Å². The first-order valence-corrected chi connectivity index (χ1v) is 6.03. The Balaban J connectivity index is 2.24. The van der Waals surface area contributed by atoms with Crippen LogP contribution >= 0.6 is 11.3 Å². The first kappa shape index (κ1) is 12.6. The summed E-state index contributed by atoms with van der Waals surface area (Å²) in [5.74, 6) is 0. The lowest BCUT2D eigenvalue weighted by Gasteiger charge is -2.27. The lowest BCUT2D eigenvalue weighted by atomic mass is 10.1. The van der Waals surface area contributed by atoms with Gasteiger partial charge in [0.15, 0.2) is 0 Å². The lowest BCUT2D eigenvalue weighted by molar-refractivity contribution is 0.0336. The molecule has 1 aromatic heterocycles. The van der Waals surface area contributed by atoms with Gasteiger partial charge < -0.3 is 15.3 Å². The van der Waals surface area contributed by atoms with Crippen molar-refractivity contribution in [1.29, 1.82) is 0 Å². The first-order valence-electron chi connectivity index (χ1n) is 5.08. The summed E-state index contributed by atoms with van der Waals surface area (Å²) < 4.78 is 0. The smallest absolute Gasteiger partial charge is 0.0869 e. The second kappa shape index (κ2) is 5.61. The van der Waals surface area contributed by atoms with Crippen molar-refractivity contribution in [2.45, 2.75) is 19.1 Å². The van der Waals surface area contributed by atoms with Crippen LogP contribution in [0.5, 0.6) is 0 Å². The maximum absolute atomic E-state index is 10.0. The molecule has 0 aliphatic rings. The molecule has 2 N–H and O–H groups in total. The Morgan fingerprint density at radius 1 is 1.53 bits per heavy atom. The van der Waals surface area contributed by atoms with Gasteiger partial charge in [-0.25, -0.2) is 0 Å². The van der Waals surface area contributed by atoms with Gasteiger partial charge in [-0.3, -0.25) is 0 Å². The molecule has 3 nitrogen and oxygen atoms in total. The van der Waals surface area contributed by atoms with Crippen LogP contribution in [0.15, 0.2) is 16.8 Å². The van der Waals surface area contributed by atoms with Crippen molar-refractivity contribution in [2.24, 2.45) is 0 Å². The van der Waals surface area contributed by atoms with Gasteiger partial charge in [-0.15, -0.1) is 0 Å². The molecule has 0 radical (unpaired) electrons. The minimum absolute atomic E-state index is 0.612. The summed E-state index contributed by atoms with van der Waals surface area (Å²) in [4.78, 5) is 1.99. The Bertz CT molecular complexity index is 270. The molecule has 1 rings (SSSR count). The molecule has 0 spiro atoms. The van der Waals surface area contributed by atoms with Crippen LogP contribution in [0.4, 0.5) is 0 Å². The van der Waals surface area contributed by atoms with E-state index < -0.39 is 5.60 Å². The molecule has 0 aliphatic carbocycles. The minimum Gasteiger partial charge on any atom is -0.388 e. The monoisotopic (exact) mass is 228 g/mol. The van der Waals surface area contributed by atoms with E-state index in [4.69, 9.17) is 0 Å². The molecule has 0 saturated heterocycles. The third-order valence-corrected chi connectivity index (χ3v) is 2.80. The molecule has 0 bridgehead atoms. The van der Waals surface area contributed by atoms with E-state index in [0.717, 1.165) is 6.54 Å². The van der Waals surface area contributed by atoms with E-state index in [1.165, 1.54) is 5.56 Å². The number of hydrogen-bond donors (Lipinski definition) is 2. The Kier molecular flexibility index (Phi) is 4.73. The van der Waals surface area contributed by atoms with E-state index in [9.17, 15) is 5.11 Å². The van der Waals surface area contributed by atoms with Gasteiger partial charge in [-0.1, -0.05) is 0 Å². The van der Waals surface area contributed by atoms with Crippen molar-refractivity contribution in [3.8, 4) is 0 Å². The molecular weight excluding hydrogens is 208 g/mol. The molecule has 1 heterocycles. The summed E-state index contributed by atoms with van der Waals surface area (Å²) in [6.45, 7) is 3.96. The van der Waals surface area contributed by atoms with Gasteiger partial charge in [0.2, 0.25) is 0 Å². The SMILES string of the molecule is CN(C)CC(C)(O)CNCc1ccsc1. The molecule has 86 valence electrons. The number of aliphatic hydroxyl groups is 1. The maximum Gasteiger partial charge on any atom is 0.0869 e. The Labute approximate surface area is 95.7 Å². The highest BCUT2D eigenvalue weighted by molar-refractivity contribution is 7.07. The zero-order valence-electron chi connectivity index (χ0n) is 9.66. The summed E-state index contributed by atoms with van der Waals surface area (Å²) in [7, 11) is 3.93. The van der Waals surface area contributed by atoms with Crippen molar-refractivity contribution >= 4 is 11.3 Å². The predicted molar refractivity (Wildman–Crippen MR) is 65.2 cm³/mol. The van der Waals surface area contributed by atoms with Gasteiger partial charge in [-0.2, -0.15) is 11.3 Å². The predicted octanol–water partition coefficient (Wildman–Crippen LogP) is 1.15. The minimum atomic E-state index is -0.667. The largest absolute Gasteiger partial charge is 0.388 e. The van der Waals surface area contributed by atoms with Crippen LogP contribution in [0.3, 0.4) is 0 Å². The van der Waals surface area contributed by atoms with Crippen molar-refractivity contribution in [2.75, 3.05) is 27.2 Å². The number of nitrogens with one attached hydrogen (secondary N) is 1. The Morgan fingerprint density at radius 2 is 2.27 bits per heavy atom. The van der Waals surface area contributed by atoms with Crippen LogP contribution in [0, 0.1) is 0 Å². The molecule has 1 atom stereocenters. The molecule has 0 fully saturated rings. The highest BCUT2D eigenvalue weighted by atomic mass is 32.1. The van der Waals surface area contributed by atoms with Crippen LogP contribution in [0.25, 0.3) is 0 Å². The summed E-state index contributed by atoms with van der Waals surface area (Å²) in [5.41, 5.74) is 0.611. The fourth-order valence-corrected chi connectivity index (χ4v) is 2.28. The number of rotatable bonds is 6. The second-order valence-electron chi connectivity index (χ2n) is 4.47. The van der Waals surface area contributed by atoms with Crippen molar-refractivity contribution in [3.63, 3.8) is 0 Å². The van der Waals surface area contributed by atoms with Crippen molar-refractivity contribution < 1.29 is 5.11 Å². The highest BCUT2D eigenvalue weighted by Crippen LogP contribution is 2.07. The summed E-state index contributed by atoms with van der Waals surface area (Å²) in [6.07, 6.45) is 0. The maximum atomic E-state index is 10.0. The normalized spacial score (nSPS) is 15.5. The molecule has 0 amide bonds. The van der Waals surface area contributed by atoms with E-state index in [-0.39, 0.29) is 0 Å². The number of likely N-dealkylation sites (N-methyl/N-ethyl adjacent to an activating group) is 1. The van der Waals surface area contributed by atoms with E-state index in [1.807, 2.05) is 25.9 Å². The van der Waals surface area contributed by atoms with Gasteiger partial charge in [0.05, 0.1) is 5.60 Å². The molecule has 1 unspecified atom stereocenters. The number of thiophene rings is 1. The first-order chi connectivity index (χ1) is 6.99. The average Bonchev–Trinajstić information content (AvgIpc) is 2.53. The average molecular weight is 228 g/mol. The zero-order valence-corrected chi connectivity index (χ0v) is 10.5. The van der Waals surface area contributed by atoms with E-state index in [2.05, 4.69) is 22.1 Å². The van der Waals surface area contributed by atoms with Crippen LogP contribution in [0.1, 0.15) is 12.5 Å². The summed E-state index contributed by atoms with van der Waals surface area (Å²) >= 11 is 1.70. The van der Waals surface area contributed by atoms with Crippen LogP contribution in [-0.2, 0) is 6.54 Å². The summed E-state index contributed by atoms with van der Waals surface area (Å²) in [6, 6.07) is 2.10. The van der Waals surface area contributed by atoms with Crippen LogP contribution < -0.4 is 5.32 Å². The van der Waals surface area contributed by atoms with E-state index in [1.54, 1.807) is 11.3 Å². The molecule has 4 heteroatoms. The number of nitrogens with zero attached hydrogens (tertiary/aromatic N) is 1. The van der Waals surface area contributed by atoms with Crippen LogP contribution in [-0.4, -0.2) is 42.8 Å². The fraction of sp³-hybridized carbons (Fsp3) is 0.636. The van der Waals surface area contributed by atoms with Gasteiger partial charge >= 0.3 is 0 Å². The Hall–Kier alpha value is -0.420. The van der Waals surface area contributed by atoms with Gasteiger partial charge in [0.1, 0.15) is 0 Å². The fourth-order valence-electron chi connectivity index (χ4n) is 1.61. The summed E-state index contributed by atoms with van der Waals surface area (Å²) in [5, 5.41) is 17.5. The van der Waals surface area contributed by atoms with Crippen molar-refractivity contribution in [1.82, 2.24) is 10.2 Å². The van der Waals surface area contributed by atoms with Crippen LogP contribution in [0.2, 0.25) is 0 Å². The third-order valence-electron chi connectivity index (χ3n) is 2.07. The second-order valence-corrected chi connectivity index (χ2v) is 5.25. The molecule has 0 aromatic carbocycles. The Morgan fingerprint density at radius 3 is 2.80 bits per heavy atom. The molecule has 1 aromatic rings. The van der Waals surface area contributed by atoms with E-state index in [0.29, 0.717) is 13.1 Å². The molecule has 15 heavy (non-hydrogen) atoms. The molecule has 0 saturated carbocycles. The standard InChI is InChI=1S/C11H20N2OS/c1-11(14,9-13(2)3)8-12-6-10-4-5-15-7-10/h4-5,7,12,14H,6,8-9H2,1-3H3. The molecule has 0 aliphatic heterocycles. The third kappa shape index (κ3) is 5.28. The molecular formula is C11H20N2OS. The van der Waals surface area contributed by atoms with E-state index >= 15 is 0 Å². The van der Waals surface area contributed by atoms with Gasteiger partial charge in [-0.05, 0) is 43.4 Å². The zero-order chi connectivity index (χ0) is 11.3. The number of hydrogen-bond acceptors (Lipinski definition) is 4. The topological polar surface area (TPSA) is 35.5 Å².